The standard InChI is InChI=1S/C20H24N4O2/c1-21-20(22-14-17-8-5-9-19(13-17)24(25)26)23-11-10-18(15-23)12-16-6-3-2-4-7-16/h2-9,13,18H,10-12,14-15H2,1H3,(H,21,22). The Morgan fingerprint density at radius 2 is 2.00 bits per heavy atom. The van der Waals surface area contributed by atoms with Crippen LogP contribution in [0.2, 0.25) is 0 Å². The van der Waals surface area contributed by atoms with Crippen molar-refractivity contribution < 1.29 is 4.92 Å². The maximum atomic E-state index is 10.9. The van der Waals surface area contributed by atoms with Crippen LogP contribution in [0.5, 0.6) is 0 Å². The minimum absolute atomic E-state index is 0.114. The zero-order valence-electron chi connectivity index (χ0n) is 15.0. The van der Waals surface area contributed by atoms with Crippen LogP contribution in [-0.4, -0.2) is 35.9 Å². The van der Waals surface area contributed by atoms with E-state index in [1.807, 2.05) is 12.1 Å². The van der Waals surface area contributed by atoms with Gasteiger partial charge in [0.05, 0.1) is 4.92 Å². The second-order valence-corrected chi connectivity index (χ2v) is 6.62. The van der Waals surface area contributed by atoms with Crippen molar-refractivity contribution in [2.24, 2.45) is 10.9 Å². The number of guanidine groups is 1. The van der Waals surface area contributed by atoms with Gasteiger partial charge in [0, 0.05) is 38.8 Å². The van der Waals surface area contributed by atoms with Crippen molar-refractivity contribution in [3.8, 4) is 0 Å². The Labute approximate surface area is 153 Å². The predicted molar refractivity (Wildman–Crippen MR) is 103 cm³/mol. The smallest absolute Gasteiger partial charge is 0.269 e. The Morgan fingerprint density at radius 3 is 2.73 bits per heavy atom. The lowest BCUT2D eigenvalue weighted by molar-refractivity contribution is -0.384. The average Bonchev–Trinajstić information content (AvgIpc) is 3.11. The first-order chi connectivity index (χ1) is 12.7. The number of nitrogens with zero attached hydrogens (tertiary/aromatic N) is 3. The molecule has 1 fully saturated rings. The molecule has 0 aliphatic carbocycles. The van der Waals surface area contributed by atoms with Gasteiger partial charge in [0.15, 0.2) is 5.96 Å². The highest BCUT2D eigenvalue weighted by Gasteiger charge is 2.24. The van der Waals surface area contributed by atoms with Gasteiger partial charge in [0.1, 0.15) is 0 Å². The molecule has 0 saturated carbocycles. The van der Waals surface area contributed by atoms with Crippen LogP contribution in [0.4, 0.5) is 5.69 Å². The molecule has 6 heteroatoms. The SMILES string of the molecule is CN=C(NCc1cccc([N+](=O)[O-])c1)N1CCC(Cc2ccccc2)C1. The fraction of sp³-hybridized carbons (Fsp3) is 0.350. The molecule has 1 heterocycles. The third kappa shape index (κ3) is 4.59. The molecule has 0 aromatic heterocycles. The van der Waals surface area contributed by atoms with E-state index in [1.54, 1.807) is 19.2 Å². The Morgan fingerprint density at radius 1 is 1.23 bits per heavy atom. The molecule has 2 aromatic rings. The molecule has 6 nitrogen and oxygen atoms in total. The molecule has 1 unspecified atom stereocenters. The van der Waals surface area contributed by atoms with E-state index in [4.69, 9.17) is 0 Å². The van der Waals surface area contributed by atoms with Gasteiger partial charge in [-0.1, -0.05) is 42.5 Å². The van der Waals surface area contributed by atoms with E-state index in [0.29, 0.717) is 12.5 Å². The van der Waals surface area contributed by atoms with Crippen molar-refractivity contribution in [3.05, 3.63) is 75.8 Å². The Hall–Kier alpha value is -2.89. The summed E-state index contributed by atoms with van der Waals surface area (Å²) in [5.41, 5.74) is 2.36. The molecule has 1 N–H and O–H groups in total. The molecule has 0 amide bonds. The average molecular weight is 352 g/mol. The van der Waals surface area contributed by atoms with Crippen molar-refractivity contribution in [1.82, 2.24) is 10.2 Å². The van der Waals surface area contributed by atoms with Crippen LogP contribution < -0.4 is 5.32 Å². The van der Waals surface area contributed by atoms with Crippen LogP contribution in [0.1, 0.15) is 17.5 Å². The van der Waals surface area contributed by atoms with Gasteiger partial charge in [-0.3, -0.25) is 15.1 Å². The summed E-state index contributed by atoms with van der Waals surface area (Å²) in [5, 5.41) is 14.2. The third-order valence-corrected chi connectivity index (χ3v) is 4.74. The van der Waals surface area contributed by atoms with Gasteiger partial charge < -0.3 is 10.2 Å². The van der Waals surface area contributed by atoms with Gasteiger partial charge in [-0.25, -0.2) is 0 Å². The first kappa shape index (κ1) is 17.9. The van der Waals surface area contributed by atoms with Gasteiger partial charge in [-0.05, 0) is 29.9 Å². The van der Waals surface area contributed by atoms with Gasteiger partial charge in [0.25, 0.3) is 5.69 Å². The van der Waals surface area contributed by atoms with Crippen molar-refractivity contribution in [1.29, 1.82) is 0 Å². The predicted octanol–water partition coefficient (Wildman–Crippen LogP) is 3.23. The van der Waals surface area contributed by atoms with Crippen molar-refractivity contribution in [2.75, 3.05) is 20.1 Å². The molecular formula is C20H24N4O2. The van der Waals surface area contributed by atoms with Gasteiger partial charge in [0.2, 0.25) is 0 Å². The molecule has 1 atom stereocenters. The number of nitro groups is 1. The van der Waals surface area contributed by atoms with E-state index in [9.17, 15) is 10.1 Å². The van der Waals surface area contributed by atoms with Crippen LogP contribution in [0, 0.1) is 16.0 Å². The molecule has 136 valence electrons. The summed E-state index contributed by atoms with van der Waals surface area (Å²) < 4.78 is 0. The number of benzene rings is 2. The summed E-state index contributed by atoms with van der Waals surface area (Å²) in [6.07, 6.45) is 2.23. The Bertz CT molecular complexity index is 776. The summed E-state index contributed by atoms with van der Waals surface area (Å²) in [6, 6.07) is 17.3. The molecular weight excluding hydrogens is 328 g/mol. The van der Waals surface area contributed by atoms with Gasteiger partial charge in [-0.2, -0.15) is 0 Å². The number of hydrogen-bond donors (Lipinski definition) is 1. The number of hydrogen-bond acceptors (Lipinski definition) is 3. The molecule has 0 spiro atoms. The molecule has 0 radical (unpaired) electrons. The second kappa shape index (κ2) is 8.47. The van der Waals surface area contributed by atoms with Crippen LogP contribution in [0.25, 0.3) is 0 Å². The maximum Gasteiger partial charge on any atom is 0.269 e. The summed E-state index contributed by atoms with van der Waals surface area (Å²) in [7, 11) is 1.78. The first-order valence-electron chi connectivity index (χ1n) is 8.88. The highest BCUT2D eigenvalue weighted by molar-refractivity contribution is 5.80. The monoisotopic (exact) mass is 352 g/mol. The topological polar surface area (TPSA) is 70.8 Å². The second-order valence-electron chi connectivity index (χ2n) is 6.62. The van der Waals surface area contributed by atoms with E-state index in [1.165, 1.54) is 11.6 Å². The maximum absolute atomic E-state index is 10.9. The minimum atomic E-state index is -0.368. The molecule has 1 aliphatic heterocycles. The Kier molecular flexibility index (Phi) is 5.84. The zero-order chi connectivity index (χ0) is 18.4. The first-order valence-corrected chi connectivity index (χ1v) is 8.88. The normalized spacial score (nSPS) is 17.3. The third-order valence-electron chi connectivity index (χ3n) is 4.74. The Balaban J connectivity index is 1.55. The lowest BCUT2D eigenvalue weighted by atomic mass is 9.99. The largest absolute Gasteiger partial charge is 0.352 e. The number of nitrogens with one attached hydrogen (secondary N) is 1. The summed E-state index contributed by atoms with van der Waals surface area (Å²) in [5.74, 6) is 1.47. The fourth-order valence-corrected chi connectivity index (χ4v) is 3.43. The van der Waals surface area contributed by atoms with Crippen molar-refractivity contribution in [2.45, 2.75) is 19.4 Å². The quantitative estimate of drug-likeness (QED) is 0.388. The van der Waals surface area contributed by atoms with Crippen LogP contribution >= 0.6 is 0 Å². The summed E-state index contributed by atoms with van der Waals surface area (Å²) in [6.45, 7) is 2.48. The van der Waals surface area contributed by atoms with Crippen molar-refractivity contribution >= 4 is 11.6 Å². The summed E-state index contributed by atoms with van der Waals surface area (Å²) in [4.78, 5) is 17.2. The number of rotatable bonds is 5. The van der Waals surface area contributed by atoms with Crippen LogP contribution in [0.15, 0.2) is 59.6 Å². The highest BCUT2D eigenvalue weighted by Crippen LogP contribution is 2.21. The number of non-ortho nitro benzene ring substituents is 1. The molecule has 26 heavy (non-hydrogen) atoms. The highest BCUT2D eigenvalue weighted by atomic mass is 16.6. The number of likely N-dealkylation sites (tertiary alicyclic amines) is 1. The zero-order valence-corrected chi connectivity index (χ0v) is 15.0. The summed E-state index contributed by atoms with van der Waals surface area (Å²) >= 11 is 0. The number of aliphatic imine (C=N–C) groups is 1. The van der Waals surface area contributed by atoms with E-state index < -0.39 is 0 Å². The van der Waals surface area contributed by atoms with Gasteiger partial charge >= 0.3 is 0 Å². The van der Waals surface area contributed by atoms with E-state index >= 15 is 0 Å². The molecule has 3 rings (SSSR count). The lowest BCUT2D eigenvalue weighted by Gasteiger charge is -2.22. The molecule has 1 aliphatic rings. The molecule has 1 saturated heterocycles. The number of nitro benzene ring substituents is 1. The van der Waals surface area contributed by atoms with Crippen LogP contribution in [0.3, 0.4) is 0 Å². The molecule has 0 bridgehead atoms. The molecule has 2 aromatic carbocycles. The fourth-order valence-electron chi connectivity index (χ4n) is 3.43. The van der Waals surface area contributed by atoms with E-state index in [0.717, 1.165) is 37.5 Å². The van der Waals surface area contributed by atoms with Gasteiger partial charge in [-0.15, -0.1) is 0 Å². The minimum Gasteiger partial charge on any atom is -0.352 e. The van der Waals surface area contributed by atoms with Crippen LogP contribution in [-0.2, 0) is 13.0 Å². The lowest BCUT2D eigenvalue weighted by Crippen LogP contribution is -2.39. The van der Waals surface area contributed by atoms with E-state index in [-0.39, 0.29) is 10.6 Å². The van der Waals surface area contributed by atoms with E-state index in [2.05, 4.69) is 39.5 Å². The van der Waals surface area contributed by atoms with Crippen molar-refractivity contribution in [3.63, 3.8) is 0 Å².